The number of hydrogen-bond donors (Lipinski definition) is 2. The lowest BCUT2D eigenvalue weighted by atomic mass is 9.98. The van der Waals surface area contributed by atoms with E-state index in [-0.39, 0.29) is 17.5 Å². The number of benzene rings is 1. The molecular formula is C17H24N2O2. The maximum absolute atomic E-state index is 7.29. The number of ether oxygens (including phenoxy) is 2. The molecule has 3 N–H and O–H groups in total. The van der Waals surface area contributed by atoms with Gasteiger partial charge >= 0.3 is 0 Å². The van der Waals surface area contributed by atoms with Gasteiger partial charge in [-0.3, -0.25) is 5.41 Å². The van der Waals surface area contributed by atoms with Crippen molar-refractivity contribution < 1.29 is 9.47 Å². The standard InChI is InChI=1S/C17H24N2O2/c18-16(19)11-13-3-5-14(6-4-13)20-12-15-7-10-17(21-15)8-1-2-9-17/h3-6,15H,1-2,7-12H2,(H3,18,19). The predicted octanol–water partition coefficient (Wildman–Crippen LogP) is 3.04. The lowest BCUT2D eigenvalue weighted by Gasteiger charge is -2.23. The zero-order valence-corrected chi connectivity index (χ0v) is 12.4. The minimum atomic E-state index is 0.180. The molecule has 4 nitrogen and oxygen atoms in total. The average Bonchev–Trinajstić information content (AvgIpc) is 3.08. The molecule has 1 aliphatic carbocycles. The Morgan fingerprint density at radius 3 is 2.62 bits per heavy atom. The largest absolute Gasteiger partial charge is 0.491 e. The summed E-state index contributed by atoms with van der Waals surface area (Å²) in [6, 6.07) is 7.81. The smallest absolute Gasteiger partial charge is 0.119 e. The highest BCUT2D eigenvalue weighted by Gasteiger charge is 2.42. The molecule has 1 aromatic rings. The molecule has 0 bridgehead atoms. The van der Waals surface area contributed by atoms with Crippen LogP contribution in [0.1, 0.15) is 44.1 Å². The van der Waals surface area contributed by atoms with Gasteiger partial charge in [0.15, 0.2) is 0 Å². The van der Waals surface area contributed by atoms with Crippen LogP contribution in [0.2, 0.25) is 0 Å². The molecule has 0 aromatic heterocycles. The van der Waals surface area contributed by atoms with Gasteiger partial charge < -0.3 is 15.2 Å². The summed E-state index contributed by atoms with van der Waals surface area (Å²) in [7, 11) is 0. The molecule has 1 saturated carbocycles. The van der Waals surface area contributed by atoms with Crippen molar-refractivity contribution in [3.8, 4) is 5.75 Å². The Balaban J connectivity index is 1.48. The van der Waals surface area contributed by atoms with Crippen molar-refractivity contribution in [2.75, 3.05) is 6.61 Å². The van der Waals surface area contributed by atoms with Gasteiger partial charge in [0, 0.05) is 6.42 Å². The van der Waals surface area contributed by atoms with Crippen molar-refractivity contribution in [1.82, 2.24) is 0 Å². The molecule has 1 aromatic carbocycles. The summed E-state index contributed by atoms with van der Waals surface area (Å²) in [5.41, 5.74) is 6.61. The number of rotatable bonds is 5. The van der Waals surface area contributed by atoms with Crippen molar-refractivity contribution in [2.24, 2.45) is 5.73 Å². The van der Waals surface area contributed by atoms with E-state index in [9.17, 15) is 0 Å². The van der Waals surface area contributed by atoms with E-state index in [4.69, 9.17) is 20.6 Å². The van der Waals surface area contributed by atoms with Crippen molar-refractivity contribution in [1.29, 1.82) is 5.41 Å². The Morgan fingerprint density at radius 1 is 1.24 bits per heavy atom. The van der Waals surface area contributed by atoms with Crippen molar-refractivity contribution in [3.05, 3.63) is 29.8 Å². The van der Waals surface area contributed by atoms with E-state index in [1.54, 1.807) is 0 Å². The third-order valence-electron chi connectivity index (χ3n) is 4.61. The molecule has 2 fully saturated rings. The fourth-order valence-electron chi connectivity index (χ4n) is 3.51. The van der Waals surface area contributed by atoms with E-state index in [1.807, 2.05) is 24.3 Å². The average molecular weight is 288 g/mol. The van der Waals surface area contributed by atoms with Crippen molar-refractivity contribution in [3.63, 3.8) is 0 Å². The summed E-state index contributed by atoms with van der Waals surface area (Å²) >= 11 is 0. The first kappa shape index (κ1) is 14.4. The topological polar surface area (TPSA) is 68.3 Å². The maximum Gasteiger partial charge on any atom is 0.119 e. The minimum absolute atomic E-state index is 0.180. The lowest BCUT2D eigenvalue weighted by Crippen LogP contribution is -2.27. The molecule has 4 heteroatoms. The van der Waals surface area contributed by atoms with Gasteiger partial charge in [-0.15, -0.1) is 0 Å². The molecule has 1 heterocycles. The summed E-state index contributed by atoms with van der Waals surface area (Å²) in [5, 5.41) is 7.29. The highest BCUT2D eigenvalue weighted by atomic mass is 16.6. The van der Waals surface area contributed by atoms with Gasteiger partial charge in [-0.2, -0.15) is 0 Å². The molecular weight excluding hydrogens is 264 g/mol. The van der Waals surface area contributed by atoms with Gasteiger partial charge in [-0.05, 0) is 43.4 Å². The maximum atomic E-state index is 7.29. The van der Waals surface area contributed by atoms with Crippen LogP contribution in [0.4, 0.5) is 0 Å². The number of nitrogens with two attached hydrogens (primary N) is 1. The first-order chi connectivity index (χ1) is 10.2. The Bertz CT molecular complexity index is 492. The van der Waals surface area contributed by atoms with Gasteiger partial charge in [0.1, 0.15) is 12.4 Å². The number of hydrogen-bond acceptors (Lipinski definition) is 3. The van der Waals surface area contributed by atoms with Crippen LogP contribution >= 0.6 is 0 Å². The summed E-state index contributed by atoms with van der Waals surface area (Å²) < 4.78 is 12.1. The second-order valence-electron chi connectivity index (χ2n) is 6.33. The minimum Gasteiger partial charge on any atom is -0.491 e. The zero-order chi connectivity index (χ0) is 14.7. The lowest BCUT2D eigenvalue weighted by molar-refractivity contribution is -0.0508. The van der Waals surface area contributed by atoms with E-state index in [0.29, 0.717) is 13.0 Å². The van der Waals surface area contributed by atoms with Crippen LogP contribution in [-0.2, 0) is 11.2 Å². The monoisotopic (exact) mass is 288 g/mol. The molecule has 114 valence electrons. The fraction of sp³-hybridized carbons (Fsp3) is 0.588. The van der Waals surface area contributed by atoms with Gasteiger partial charge in [0.2, 0.25) is 0 Å². The quantitative estimate of drug-likeness (QED) is 0.646. The van der Waals surface area contributed by atoms with Gasteiger partial charge in [-0.1, -0.05) is 25.0 Å². The van der Waals surface area contributed by atoms with Crippen LogP contribution in [0, 0.1) is 5.41 Å². The van der Waals surface area contributed by atoms with Gasteiger partial charge in [0.05, 0.1) is 17.5 Å². The third-order valence-corrected chi connectivity index (χ3v) is 4.61. The summed E-state index contributed by atoms with van der Waals surface area (Å²) in [6.07, 6.45) is 8.11. The SMILES string of the molecule is N=C(N)Cc1ccc(OCC2CCC3(CCCC3)O2)cc1. The molecule has 1 unspecified atom stereocenters. The summed E-state index contributed by atoms with van der Waals surface area (Å²) in [5.74, 6) is 1.04. The van der Waals surface area contributed by atoms with Gasteiger partial charge in [0.25, 0.3) is 0 Å². The Kier molecular flexibility index (Phi) is 4.15. The van der Waals surface area contributed by atoms with Crippen molar-refractivity contribution in [2.45, 2.75) is 56.7 Å². The van der Waals surface area contributed by atoms with Crippen LogP contribution < -0.4 is 10.5 Å². The van der Waals surface area contributed by atoms with Crippen molar-refractivity contribution >= 4 is 5.84 Å². The molecule has 3 rings (SSSR count). The van der Waals surface area contributed by atoms with E-state index in [0.717, 1.165) is 17.7 Å². The van der Waals surface area contributed by atoms with Crippen LogP contribution in [0.25, 0.3) is 0 Å². The third kappa shape index (κ3) is 3.56. The molecule has 0 radical (unpaired) electrons. The molecule has 21 heavy (non-hydrogen) atoms. The van der Waals surface area contributed by atoms with Gasteiger partial charge in [-0.25, -0.2) is 0 Å². The highest BCUT2D eigenvalue weighted by Crippen LogP contribution is 2.43. The Hall–Kier alpha value is -1.55. The molecule has 1 spiro atoms. The summed E-state index contributed by atoms with van der Waals surface area (Å²) in [4.78, 5) is 0. The number of nitrogens with one attached hydrogen (secondary N) is 1. The first-order valence-electron chi connectivity index (χ1n) is 7.88. The fourth-order valence-corrected chi connectivity index (χ4v) is 3.51. The first-order valence-corrected chi connectivity index (χ1v) is 7.88. The highest BCUT2D eigenvalue weighted by molar-refractivity contribution is 5.79. The number of amidine groups is 1. The summed E-state index contributed by atoms with van der Waals surface area (Å²) in [6.45, 7) is 0.633. The molecule has 1 aliphatic heterocycles. The van der Waals surface area contributed by atoms with Crippen LogP contribution in [0.15, 0.2) is 24.3 Å². The Morgan fingerprint density at radius 2 is 1.95 bits per heavy atom. The molecule has 0 amide bonds. The van der Waals surface area contributed by atoms with E-state index < -0.39 is 0 Å². The molecule has 2 aliphatic rings. The second kappa shape index (κ2) is 6.06. The normalized spacial score (nSPS) is 23.5. The van der Waals surface area contributed by atoms with E-state index >= 15 is 0 Å². The van der Waals surface area contributed by atoms with Crippen LogP contribution in [0.3, 0.4) is 0 Å². The van der Waals surface area contributed by atoms with E-state index in [2.05, 4.69) is 0 Å². The van der Waals surface area contributed by atoms with Crippen LogP contribution in [0.5, 0.6) is 5.75 Å². The zero-order valence-electron chi connectivity index (χ0n) is 12.4. The molecule has 1 atom stereocenters. The molecule has 1 saturated heterocycles. The predicted molar refractivity (Wildman–Crippen MR) is 82.9 cm³/mol. The van der Waals surface area contributed by atoms with Crippen LogP contribution in [-0.4, -0.2) is 24.1 Å². The Labute approximate surface area is 126 Å². The van der Waals surface area contributed by atoms with E-state index in [1.165, 1.54) is 32.1 Å². The second-order valence-corrected chi connectivity index (χ2v) is 6.33.